The minimum absolute atomic E-state index is 0.0537. The second kappa shape index (κ2) is 12.2. The summed E-state index contributed by atoms with van der Waals surface area (Å²) in [6, 6.07) is 15.9. The van der Waals surface area contributed by atoms with Crippen LogP contribution in [0.2, 0.25) is 0 Å². The summed E-state index contributed by atoms with van der Waals surface area (Å²) in [5, 5.41) is 24.0. The van der Waals surface area contributed by atoms with Crippen molar-refractivity contribution < 1.29 is 41.6 Å². The van der Waals surface area contributed by atoms with Crippen LogP contribution in [0.15, 0.2) is 64.6 Å². The Morgan fingerprint density at radius 3 is 2.00 bits per heavy atom. The van der Waals surface area contributed by atoms with Crippen molar-refractivity contribution in [3.05, 3.63) is 76.4 Å². The maximum Gasteiger partial charge on any atom is 0.456 e. The number of hydrogen-bond donors (Lipinski definition) is 2. The minimum atomic E-state index is -5.89. The molecule has 0 aromatic heterocycles. The predicted molar refractivity (Wildman–Crippen MR) is 185 cm³/mol. The van der Waals surface area contributed by atoms with E-state index in [0.717, 1.165) is 32.7 Å². The van der Waals surface area contributed by atoms with Crippen LogP contribution >= 0.6 is 11.8 Å². The molecule has 1 spiro atoms. The van der Waals surface area contributed by atoms with Crippen LogP contribution in [0.4, 0.5) is 22.0 Å². The number of rotatable bonds is 5. The molecule has 2 aromatic carbocycles. The number of ether oxygens (including phenoxy) is 2. The highest BCUT2D eigenvalue weighted by Gasteiger charge is 2.79. The molecule has 10 heteroatoms. The fourth-order valence-corrected chi connectivity index (χ4v) is 10.5. The summed E-state index contributed by atoms with van der Waals surface area (Å²) in [6.45, 7) is 6.57. The average Bonchev–Trinajstić information content (AvgIpc) is 3.35. The Bertz CT molecular complexity index is 1660. The Morgan fingerprint density at radius 2 is 1.42 bits per heavy atom. The van der Waals surface area contributed by atoms with Crippen molar-refractivity contribution in [3.8, 4) is 0 Å². The molecule has 6 atom stereocenters. The number of alkyl halides is 5. The number of hydrogen-bond acceptors (Lipinski definition) is 5. The summed E-state index contributed by atoms with van der Waals surface area (Å²) in [5.74, 6) is -7.71. The Hall–Kier alpha value is -2.24. The first-order valence-corrected chi connectivity index (χ1v) is 18.9. The SMILES string of the molecule is CSc1ccc(/C=C/c2ccc([C@H]3C[C@@]4(C)C(CCC4(O)C(F)(F)C(F)(F)F)C4CCC5(O)CC6(CCC5=C43)OCC(C)(C)CO6)cc2)cc1. The summed E-state index contributed by atoms with van der Waals surface area (Å²) in [6.07, 6.45) is 1.40. The van der Waals surface area contributed by atoms with E-state index in [1.165, 1.54) is 6.92 Å². The highest BCUT2D eigenvalue weighted by molar-refractivity contribution is 7.98. The molecule has 7 rings (SSSR count). The third-order valence-corrected chi connectivity index (χ3v) is 13.6. The lowest BCUT2D eigenvalue weighted by Gasteiger charge is -2.59. The number of benzene rings is 2. The van der Waals surface area contributed by atoms with Gasteiger partial charge < -0.3 is 19.7 Å². The van der Waals surface area contributed by atoms with Crippen molar-refractivity contribution in [1.82, 2.24) is 0 Å². The van der Waals surface area contributed by atoms with Gasteiger partial charge in [-0.15, -0.1) is 11.8 Å². The van der Waals surface area contributed by atoms with Gasteiger partial charge in [-0.2, -0.15) is 22.0 Å². The minimum Gasteiger partial charge on any atom is -0.385 e. The molecule has 4 nitrogen and oxygen atoms in total. The number of thioether (sulfide) groups is 1. The van der Waals surface area contributed by atoms with Gasteiger partial charge in [-0.25, -0.2) is 0 Å². The molecule has 5 aliphatic rings. The van der Waals surface area contributed by atoms with Crippen LogP contribution in [0.25, 0.3) is 12.2 Å². The van der Waals surface area contributed by atoms with Crippen molar-refractivity contribution in [2.75, 3.05) is 19.5 Å². The predicted octanol–water partition coefficient (Wildman–Crippen LogP) is 9.80. The van der Waals surface area contributed by atoms with Crippen LogP contribution < -0.4 is 0 Å². The molecular weight excluding hydrogens is 671 g/mol. The smallest absolute Gasteiger partial charge is 0.385 e. The molecule has 4 unspecified atom stereocenters. The van der Waals surface area contributed by atoms with Crippen LogP contribution in [0.5, 0.6) is 0 Å². The van der Waals surface area contributed by atoms with Crippen LogP contribution in [0.3, 0.4) is 0 Å². The first kappa shape index (κ1) is 36.1. The Kier molecular flexibility index (Phi) is 8.78. The van der Waals surface area contributed by atoms with E-state index in [-0.39, 0.29) is 30.6 Å². The standard InChI is InChI=1S/C40H47F5O4S/c1-34(2)23-48-37(49-24-34)19-16-32-33-29(15-18-36(32,46)22-37)31-17-20-38(47,39(41,42)40(43,44)45)35(31,3)21-30(33)27-11-7-25(8-12-27)5-6-26-9-13-28(50-4)14-10-26/h5-14,29-31,46-47H,15-24H2,1-4H3/b6-5+/t29?,30-,31?,35+,36?,38?/m1/s1. The van der Waals surface area contributed by atoms with Gasteiger partial charge in [0, 0.05) is 34.5 Å². The molecule has 0 radical (unpaired) electrons. The summed E-state index contributed by atoms with van der Waals surface area (Å²) < 4.78 is 85.5. The normalized spacial score (nSPS) is 35.2. The van der Waals surface area contributed by atoms with E-state index in [1.807, 2.05) is 66.9 Å². The molecule has 50 heavy (non-hydrogen) atoms. The molecule has 1 heterocycles. The quantitative estimate of drug-likeness (QED) is 0.140. The zero-order chi connectivity index (χ0) is 36.0. The second-order valence-corrected chi connectivity index (χ2v) is 17.3. The molecule has 0 bridgehead atoms. The molecule has 4 fully saturated rings. The van der Waals surface area contributed by atoms with E-state index in [2.05, 4.69) is 13.8 Å². The number of allylic oxidation sites excluding steroid dienone is 1. The maximum absolute atomic E-state index is 15.4. The fraction of sp³-hybridized carbons (Fsp3) is 0.600. The first-order valence-electron chi connectivity index (χ1n) is 17.7. The van der Waals surface area contributed by atoms with Gasteiger partial charge in [0.1, 0.15) is 5.60 Å². The molecule has 0 amide bonds. The largest absolute Gasteiger partial charge is 0.456 e. The van der Waals surface area contributed by atoms with E-state index < -0.39 is 52.8 Å². The van der Waals surface area contributed by atoms with Crippen molar-refractivity contribution in [2.24, 2.45) is 22.7 Å². The van der Waals surface area contributed by atoms with Crippen LogP contribution in [0.1, 0.15) is 94.7 Å². The van der Waals surface area contributed by atoms with E-state index in [9.17, 15) is 23.4 Å². The molecule has 4 aliphatic carbocycles. The lowest BCUT2D eigenvalue weighted by molar-refractivity contribution is -0.362. The molecular formula is C40H47F5O4S. The third kappa shape index (κ3) is 5.71. The lowest BCUT2D eigenvalue weighted by Crippen LogP contribution is -2.65. The van der Waals surface area contributed by atoms with Crippen LogP contribution in [-0.2, 0) is 9.47 Å². The van der Waals surface area contributed by atoms with Gasteiger partial charge in [0.05, 0.1) is 18.8 Å². The van der Waals surface area contributed by atoms with Crippen molar-refractivity contribution >= 4 is 23.9 Å². The highest BCUT2D eigenvalue weighted by atomic mass is 32.2. The van der Waals surface area contributed by atoms with Crippen LogP contribution in [0, 0.1) is 22.7 Å². The highest BCUT2D eigenvalue weighted by Crippen LogP contribution is 2.71. The summed E-state index contributed by atoms with van der Waals surface area (Å²) >= 11 is 1.67. The number of fused-ring (bicyclic) bond motifs is 4. The Balaban J connectivity index is 1.28. The maximum atomic E-state index is 15.4. The zero-order valence-electron chi connectivity index (χ0n) is 29.1. The van der Waals surface area contributed by atoms with Gasteiger partial charge >= 0.3 is 12.1 Å². The van der Waals surface area contributed by atoms with E-state index in [4.69, 9.17) is 9.47 Å². The van der Waals surface area contributed by atoms with Crippen molar-refractivity contribution in [3.63, 3.8) is 0 Å². The zero-order valence-corrected chi connectivity index (χ0v) is 29.9. The molecule has 2 N–H and O–H groups in total. The van der Waals surface area contributed by atoms with Gasteiger partial charge in [-0.1, -0.05) is 74.9 Å². The molecule has 272 valence electrons. The van der Waals surface area contributed by atoms with Gasteiger partial charge in [-0.05, 0) is 91.0 Å². The Morgan fingerprint density at radius 1 is 0.820 bits per heavy atom. The molecule has 1 saturated heterocycles. The first-order chi connectivity index (χ1) is 23.4. The third-order valence-electron chi connectivity index (χ3n) is 12.8. The average molecular weight is 719 g/mol. The lowest BCUT2D eigenvalue weighted by atomic mass is 9.49. The molecule has 3 saturated carbocycles. The Labute approximate surface area is 295 Å². The summed E-state index contributed by atoms with van der Waals surface area (Å²) in [4.78, 5) is 1.16. The fourth-order valence-electron chi connectivity index (χ4n) is 10.1. The number of aliphatic hydroxyl groups is 2. The van der Waals surface area contributed by atoms with E-state index in [1.54, 1.807) is 11.8 Å². The van der Waals surface area contributed by atoms with E-state index >= 15 is 8.78 Å². The molecule has 2 aromatic rings. The van der Waals surface area contributed by atoms with Gasteiger partial charge in [-0.3, -0.25) is 0 Å². The van der Waals surface area contributed by atoms with Crippen molar-refractivity contribution in [1.29, 1.82) is 0 Å². The molecule has 1 aliphatic heterocycles. The second-order valence-electron chi connectivity index (χ2n) is 16.5. The topological polar surface area (TPSA) is 58.9 Å². The van der Waals surface area contributed by atoms with Gasteiger partial charge in [0.2, 0.25) is 0 Å². The van der Waals surface area contributed by atoms with E-state index in [0.29, 0.717) is 38.9 Å². The number of halogens is 5. The van der Waals surface area contributed by atoms with Gasteiger partial charge in [0.15, 0.2) is 5.79 Å². The van der Waals surface area contributed by atoms with Crippen LogP contribution in [-0.4, -0.2) is 58.8 Å². The van der Waals surface area contributed by atoms with Crippen molar-refractivity contribution in [2.45, 2.75) is 112 Å². The monoisotopic (exact) mass is 718 g/mol. The summed E-state index contributed by atoms with van der Waals surface area (Å²) in [5.41, 5.74) is -1.87. The van der Waals surface area contributed by atoms with Gasteiger partial charge in [0.25, 0.3) is 0 Å². The summed E-state index contributed by atoms with van der Waals surface area (Å²) in [7, 11) is 0.